The molecule has 2 N–H and O–H groups in total. The molecule has 0 atom stereocenters. The van der Waals surface area contributed by atoms with Crippen LogP contribution >= 0.6 is 11.6 Å². The van der Waals surface area contributed by atoms with Crippen molar-refractivity contribution in [1.82, 2.24) is 0 Å². The van der Waals surface area contributed by atoms with Crippen molar-refractivity contribution in [2.24, 2.45) is 5.73 Å². The summed E-state index contributed by atoms with van der Waals surface area (Å²) in [5.41, 5.74) is 10.2. The number of benzene rings is 2. The molecule has 0 saturated heterocycles. The molecule has 0 fully saturated rings. The molecule has 2 rings (SSSR count). The van der Waals surface area contributed by atoms with Crippen molar-refractivity contribution in [3.05, 3.63) is 58.6 Å². The van der Waals surface area contributed by atoms with E-state index in [0.29, 0.717) is 6.54 Å². The van der Waals surface area contributed by atoms with Crippen LogP contribution in [0, 0.1) is 6.92 Å². The van der Waals surface area contributed by atoms with Crippen molar-refractivity contribution in [2.45, 2.75) is 13.5 Å². The Kier molecular flexibility index (Phi) is 3.28. The lowest BCUT2D eigenvalue weighted by molar-refractivity contribution is 1.07. The minimum atomic E-state index is 0.528. The summed E-state index contributed by atoms with van der Waals surface area (Å²) < 4.78 is 0. The molecule has 1 nitrogen and oxygen atoms in total. The van der Waals surface area contributed by atoms with Crippen LogP contribution in [0.5, 0.6) is 0 Å². The molecule has 0 unspecified atom stereocenters. The summed E-state index contributed by atoms with van der Waals surface area (Å²) in [6, 6.07) is 14.2. The van der Waals surface area contributed by atoms with Gasteiger partial charge >= 0.3 is 0 Å². The SMILES string of the molecule is Cc1ccc(-c2ccccc2CN)c(Cl)c1. The fourth-order valence-electron chi connectivity index (χ4n) is 1.80. The van der Waals surface area contributed by atoms with Crippen LogP contribution in [0.2, 0.25) is 5.02 Å². The molecule has 2 heteroatoms. The molecule has 0 bridgehead atoms. The molecule has 2 aromatic carbocycles. The molecule has 0 aliphatic heterocycles. The zero-order valence-corrected chi connectivity index (χ0v) is 9.96. The normalized spacial score (nSPS) is 10.4. The monoisotopic (exact) mass is 231 g/mol. The van der Waals surface area contributed by atoms with Gasteiger partial charge in [-0.15, -0.1) is 0 Å². The van der Waals surface area contributed by atoms with Crippen LogP contribution in [0.1, 0.15) is 11.1 Å². The highest BCUT2D eigenvalue weighted by atomic mass is 35.5. The third-order valence-corrected chi connectivity index (χ3v) is 2.96. The molecule has 0 radical (unpaired) electrons. The summed E-state index contributed by atoms with van der Waals surface area (Å²) in [6.45, 7) is 2.56. The summed E-state index contributed by atoms with van der Waals surface area (Å²) in [6.07, 6.45) is 0. The summed E-state index contributed by atoms with van der Waals surface area (Å²) in [4.78, 5) is 0. The van der Waals surface area contributed by atoms with Gasteiger partial charge in [0.1, 0.15) is 0 Å². The number of halogens is 1. The zero-order valence-electron chi connectivity index (χ0n) is 9.20. The Hall–Kier alpha value is -1.31. The first-order valence-electron chi connectivity index (χ1n) is 5.27. The highest BCUT2D eigenvalue weighted by Gasteiger charge is 2.06. The van der Waals surface area contributed by atoms with Gasteiger partial charge in [0, 0.05) is 17.1 Å². The third-order valence-electron chi connectivity index (χ3n) is 2.65. The highest BCUT2D eigenvalue weighted by Crippen LogP contribution is 2.30. The van der Waals surface area contributed by atoms with Gasteiger partial charge in [0.25, 0.3) is 0 Å². The van der Waals surface area contributed by atoms with Crippen molar-refractivity contribution >= 4 is 11.6 Å². The first-order valence-corrected chi connectivity index (χ1v) is 5.64. The van der Waals surface area contributed by atoms with Crippen LogP contribution in [-0.2, 0) is 6.54 Å². The Morgan fingerprint density at radius 1 is 1.06 bits per heavy atom. The van der Waals surface area contributed by atoms with E-state index in [0.717, 1.165) is 21.7 Å². The average molecular weight is 232 g/mol. The van der Waals surface area contributed by atoms with Crippen molar-refractivity contribution in [3.63, 3.8) is 0 Å². The number of nitrogens with two attached hydrogens (primary N) is 1. The van der Waals surface area contributed by atoms with Gasteiger partial charge in [-0.1, -0.05) is 48.0 Å². The lowest BCUT2D eigenvalue weighted by atomic mass is 9.99. The Bertz CT molecular complexity index is 506. The second kappa shape index (κ2) is 4.69. The van der Waals surface area contributed by atoms with Crippen molar-refractivity contribution in [3.8, 4) is 11.1 Å². The number of rotatable bonds is 2. The largest absolute Gasteiger partial charge is 0.326 e. The first-order chi connectivity index (χ1) is 7.72. The van der Waals surface area contributed by atoms with Crippen LogP contribution in [0.3, 0.4) is 0 Å². The predicted molar refractivity (Wildman–Crippen MR) is 69.5 cm³/mol. The Morgan fingerprint density at radius 2 is 1.81 bits per heavy atom. The van der Waals surface area contributed by atoms with Crippen molar-refractivity contribution in [1.29, 1.82) is 0 Å². The molecule has 16 heavy (non-hydrogen) atoms. The van der Waals surface area contributed by atoms with Gasteiger partial charge < -0.3 is 5.73 Å². The topological polar surface area (TPSA) is 26.0 Å². The van der Waals surface area contributed by atoms with E-state index in [9.17, 15) is 0 Å². The third kappa shape index (κ3) is 2.11. The maximum atomic E-state index is 6.25. The summed E-state index contributed by atoms with van der Waals surface area (Å²) in [7, 11) is 0. The number of aryl methyl sites for hydroxylation is 1. The molecule has 0 aromatic heterocycles. The zero-order chi connectivity index (χ0) is 11.5. The van der Waals surface area contributed by atoms with Crippen molar-refractivity contribution in [2.75, 3.05) is 0 Å². The minimum Gasteiger partial charge on any atom is -0.326 e. The summed E-state index contributed by atoms with van der Waals surface area (Å²) >= 11 is 6.25. The van der Waals surface area contributed by atoms with Gasteiger partial charge in [0.05, 0.1) is 0 Å². The number of hydrogen-bond acceptors (Lipinski definition) is 1. The maximum Gasteiger partial charge on any atom is 0.0487 e. The fraction of sp³-hybridized carbons (Fsp3) is 0.143. The Morgan fingerprint density at radius 3 is 2.50 bits per heavy atom. The molecule has 2 aromatic rings. The van der Waals surface area contributed by atoms with Gasteiger partial charge in [-0.3, -0.25) is 0 Å². The van der Waals surface area contributed by atoms with Crippen molar-refractivity contribution < 1.29 is 0 Å². The standard InChI is InChI=1S/C14H14ClN/c1-10-6-7-13(14(15)8-10)12-5-3-2-4-11(12)9-16/h2-8H,9,16H2,1H3. The van der Waals surface area contributed by atoms with Crippen LogP contribution in [0.4, 0.5) is 0 Å². The van der Waals surface area contributed by atoms with Crippen LogP contribution < -0.4 is 5.73 Å². The molecule has 0 amide bonds. The van der Waals surface area contributed by atoms with E-state index < -0.39 is 0 Å². The highest BCUT2D eigenvalue weighted by molar-refractivity contribution is 6.33. The Labute approximate surface area is 101 Å². The molecule has 0 saturated carbocycles. The molecule has 0 aliphatic rings. The smallest absolute Gasteiger partial charge is 0.0487 e. The Balaban J connectivity index is 2.58. The van der Waals surface area contributed by atoms with E-state index >= 15 is 0 Å². The summed E-state index contributed by atoms with van der Waals surface area (Å²) in [5, 5.41) is 0.779. The van der Waals surface area contributed by atoms with E-state index in [1.807, 2.05) is 37.3 Å². The molecule has 0 heterocycles. The van der Waals surface area contributed by atoms with E-state index in [1.165, 1.54) is 5.56 Å². The average Bonchev–Trinajstić information content (AvgIpc) is 2.29. The maximum absolute atomic E-state index is 6.25. The van der Waals surface area contributed by atoms with Gasteiger partial charge in [-0.05, 0) is 29.7 Å². The van der Waals surface area contributed by atoms with E-state index in [-0.39, 0.29) is 0 Å². The van der Waals surface area contributed by atoms with E-state index in [1.54, 1.807) is 0 Å². The van der Waals surface area contributed by atoms with Gasteiger partial charge in [-0.2, -0.15) is 0 Å². The van der Waals surface area contributed by atoms with Crippen LogP contribution in [0.15, 0.2) is 42.5 Å². The molecular formula is C14H14ClN. The molecular weight excluding hydrogens is 218 g/mol. The first kappa shape index (κ1) is 11.2. The molecule has 82 valence electrons. The quantitative estimate of drug-likeness (QED) is 0.837. The van der Waals surface area contributed by atoms with E-state index in [4.69, 9.17) is 17.3 Å². The van der Waals surface area contributed by atoms with Crippen LogP contribution in [0.25, 0.3) is 11.1 Å². The molecule has 0 aliphatic carbocycles. The summed E-state index contributed by atoms with van der Waals surface area (Å²) in [5.74, 6) is 0. The predicted octanol–water partition coefficient (Wildman–Crippen LogP) is 3.77. The van der Waals surface area contributed by atoms with Gasteiger partial charge in [0.15, 0.2) is 0 Å². The van der Waals surface area contributed by atoms with Gasteiger partial charge in [-0.25, -0.2) is 0 Å². The second-order valence-corrected chi connectivity index (χ2v) is 4.25. The van der Waals surface area contributed by atoms with Crippen LogP contribution in [-0.4, -0.2) is 0 Å². The second-order valence-electron chi connectivity index (χ2n) is 3.84. The number of hydrogen-bond donors (Lipinski definition) is 1. The minimum absolute atomic E-state index is 0.528. The van der Waals surface area contributed by atoms with Gasteiger partial charge in [0.2, 0.25) is 0 Å². The lowest BCUT2D eigenvalue weighted by Gasteiger charge is -2.10. The fourth-order valence-corrected chi connectivity index (χ4v) is 2.14. The van der Waals surface area contributed by atoms with E-state index in [2.05, 4.69) is 12.1 Å². The molecule has 0 spiro atoms. The lowest BCUT2D eigenvalue weighted by Crippen LogP contribution is -1.98.